The van der Waals surface area contributed by atoms with Crippen LogP contribution in [0.4, 0.5) is 4.39 Å². The normalized spacial score (nSPS) is 26.6. The van der Waals surface area contributed by atoms with Crippen molar-refractivity contribution in [3.8, 4) is 0 Å². The molecular weight excluding hydrogens is 181 g/mol. The van der Waals surface area contributed by atoms with E-state index in [9.17, 15) is 4.39 Å². The molecule has 1 saturated carbocycles. The highest BCUT2D eigenvalue weighted by molar-refractivity contribution is 5.02. The summed E-state index contributed by atoms with van der Waals surface area (Å²) in [6.45, 7) is 0.734. The van der Waals surface area contributed by atoms with Crippen LogP contribution >= 0.6 is 0 Å². The van der Waals surface area contributed by atoms with Gasteiger partial charge in [-0.25, -0.2) is 14.4 Å². The Hall–Kier alpha value is -1.03. The van der Waals surface area contributed by atoms with Crippen LogP contribution in [0.15, 0.2) is 18.7 Å². The molecule has 0 aliphatic heterocycles. The Labute approximate surface area is 82.8 Å². The number of nitrogens with zero attached hydrogens (tertiary/aromatic N) is 2. The molecule has 0 saturated heterocycles. The number of alkyl halides is 1. The van der Waals surface area contributed by atoms with E-state index in [1.165, 1.54) is 6.33 Å². The highest BCUT2D eigenvalue weighted by Gasteiger charge is 2.23. The number of nitrogens with one attached hydrogen (secondary N) is 1. The highest BCUT2D eigenvalue weighted by Crippen LogP contribution is 2.21. The fraction of sp³-hybridized carbons (Fsp3) is 0.600. The van der Waals surface area contributed by atoms with Crippen LogP contribution in [0.3, 0.4) is 0 Å². The SMILES string of the molecule is FC1CCC(NCc2cncnc2)C1. The minimum atomic E-state index is -0.612. The second-order valence-corrected chi connectivity index (χ2v) is 3.73. The van der Waals surface area contributed by atoms with Crippen LogP contribution in [-0.4, -0.2) is 22.2 Å². The molecule has 2 rings (SSSR count). The fourth-order valence-electron chi connectivity index (χ4n) is 1.80. The molecule has 1 aromatic heterocycles. The summed E-state index contributed by atoms with van der Waals surface area (Å²) in [7, 11) is 0. The Morgan fingerprint density at radius 2 is 2.14 bits per heavy atom. The van der Waals surface area contributed by atoms with E-state index < -0.39 is 6.17 Å². The van der Waals surface area contributed by atoms with Gasteiger partial charge in [0.05, 0.1) is 0 Å². The average Bonchev–Trinajstić information content (AvgIpc) is 2.63. The Morgan fingerprint density at radius 1 is 1.36 bits per heavy atom. The lowest BCUT2D eigenvalue weighted by Crippen LogP contribution is -2.26. The molecule has 4 heteroatoms. The van der Waals surface area contributed by atoms with Crippen molar-refractivity contribution in [3.63, 3.8) is 0 Å². The molecule has 2 atom stereocenters. The number of hydrogen-bond donors (Lipinski definition) is 1. The summed E-state index contributed by atoms with van der Waals surface area (Å²) in [5.74, 6) is 0. The molecule has 1 aromatic rings. The van der Waals surface area contributed by atoms with Gasteiger partial charge in [-0.2, -0.15) is 0 Å². The molecule has 1 N–H and O–H groups in total. The maximum atomic E-state index is 12.8. The van der Waals surface area contributed by atoms with Crippen LogP contribution in [0.2, 0.25) is 0 Å². The molecule has 0 amide bonds. The smallest absolute Gasteiger partial charge is 0.115 e. The van der Waals surface area contributed by atoms with Crippen molar-refractivity contribution in [3.05, 3.63) is 24.3 Å². The third kappa shape index (κ3) is 2.48. The van der Waals surface area contributed by atoms with Crippen molar-refractivity contribution < 1.29 is 4.39 Å². The van der Waals surface area contributed by atoms with Crippen LogP contribution in [0, 0.1) is 0 Å². The van der Waals surface area contributed by atoms with Crippen molar-refractivity contribution in [1.82, 2.24) is 15.3 Å². The minimum absolute atomic E-state index is 0.324. The van der Waals surface area contributed by atoms with Crippen molar-refractivity contribution in [1.29, 1.82) is 0 Å². The second kappa shape index (κ2) is 4.46. The third-order valence-electron chi connectivity index (χ3n) is 2.58. The summed E-state index contributed by atoms with van der Waals surface area (Å²) in [6.07, 6.45) is 6.74. The first-order valence-electron chi connectivity index (χ1n) is 4.96. The molecule has 1 aliphatic rings. The maximum absolute atomic E-state index is 12.8. The summed E-state index contributed by atoms with van der Waals surface area (Å²) in [6, 6.07) is 0.324. The molecule has 14 heavy (non-hydrogen) atoms. The van der Waals surface area contributed by atoms with Crippen LogP contribution in [0.25, 0.3) is 0 Å². The van der Waals surface area contributed by atoms with E-state index in [4.69, 9.17) is 0 Å². The molecule has 0 spiro atoms. The van der Waals surface area contributed by atoms with E-state index in [0.717, 1.165) is 18.5 Å². The second-order valence-electron chi connectivity index (χ2n) is 3.73. The standard InChI is InChI=1S/C10H14FN3/c11-9-1-2-10(3-9)14-6-8-4-12-7-13-5-8/h4-5,7,9-10,14H,1-3,6H2. The molecule has 1 fully saturated rings. The van der Waals surface area contributed by atoms with Gasteiger partial charge in [-0.3, -0.25) is 0 Å². The van der Waals surface area contributed by atoms with Gasteiger partial charge in [0.15, 0.2) is 0 Å². The Kier molecular flexibility index (Phi) is 3.03. The van der Waals surface area contributed by atoms with Crippen LogP contribution in [-0.2, 0) is 6.54 Å². The first-order valence-corrected chi connectivity index (χ1v) is 4.96. The zero-order valence-corrected chi connectivity index (χ0v) is 7.99. The third-order valence-corrected chi connectivity index (χ3v) is 2.58. The highest BCUT2D eigenvalue weighted by atomic mass is 19.1. The summed E-state index contributed by atoms with van der Waals surface area (Å²) in [5, 5.41) is 3.31. The summed E-state index contributed by atoms with van der Waals surface area (Å²) in [4.78, 5) is 7.84. The summed E-state index contributed by atoms with van der Waals surface area (Å²) in [5.41, 5.74) is 1.05. The molecule has 2 unspecified atom stereocenters. The number of aromatic nitrogens is 2. The largest absolute Gasteiger partial charge is 0.310 e. The minimum Gasteiger partial charge on any atom is -0.310 e. The molecule has 0 radical (unpaired) electrons. The molecule has 0 bridgehead atoms. The lowest BCUT2D eigenvalue weighted by atomic mass is 10.2. The van der Waals surface area contributed by atoms with E-state index >= 15 is 0 Å². The van der Waals surface area contributed by atoms with Gasteiger partial charge in [-0.1, -0.05) is 0 Å². The number of hydrogen-bond acceptors (Lipinski definition) is 3. The van der Waals surface area contributed by atoms with Crippen LogP contribution < -0.4 is 5.32 Å². The van der Waals surface area contributed by atoms with Crippen LogP contribution in [0.5, 0.6) is 0 Å². The van der Waals surface area contributed by atoms with Crippen LogP contribution in [0.1, 0.15) is 24.8 Å². The van der Waals surface area contributed by atoms with Gasteiger partial charge < -0.3 is 5.32 Å². The summed E-state index contributed by atoms with van der Waals surface area (Å²) < 4.78 is 12.8. The van der Waals surface area contributed by atoms with E-state index in [2.05, 4.69) is 15.3 Å². The monoisotopic (exact) mass is 195 g/mol. The zero-order valence-electron chi connectivity index (χ0n) is 7.99. The van der Waals surface area contributed by atoms with Crippen molar-refractivity contribution >= 4 is 0 Å². The van der Waals surface area contributed by atoms with Gasteiger partial charge in [0.2, 0.25) is 0 Å². The van der Waals surface area contributed by atoms with E-state index in [1.807, 2.05) is 0 Å². The van der Waals surface area contributed by atoms with Crippen molar-refractivity contribution in [2.45, 2.75) is 38.0 Å². The predicted octanol–water partition coefficient (Wildman–Crippen LogP) is 1.46. The van der Waals surface area contributed by atoms with Gasteiger partial charge in [0.25, 0.3) is 0 Å². The van der Waals surface area contributed by atoms with Gasteiger partial charge in [0, 0.05) is 30.5 Å². The molecular formula is C10H14FN3. The Morgan fingerprint density at radius 3 is 2.79 bits per heavy atom. The topological polar surface area (TPSA) is 37.8 Å². The maximum Gasteiger partial charge on any atom is 0.115 e. The predicted molar refractivity (Wildman–Crippen MR) is 51.4 cm³/mol. The lowest BCUT2D eigenvalue weighted by molar-refractivity contribution is 0.333. The molecule has 76 valence electrons. The average molecular weight is 195 g/mol. The molecule has 1 heterocycles. The molecule has 3 nitrogen and oxygen atoms in total. The first-order chi connectivity index (χ1) is 6.84. The van der Waals surface area contributed by atoms with E-state index in [-0.39, 0.29) is 0 Å². The number of halogens is 1. The quantitative estimate of drug-likeness (QED) is 0.793. The van der Waals surface area contributed by atoms with Gasteiger partial charge in [-0.05, 0) is 19.3 Å². The Bertz CT molecular complexity index is 278. The zero-order chi connectivity index (χ0) is 9.80. The lowest BCUT2D eigenvalue weighted by Gasteiger charge is -2.10. The molecule has 0 aromatic carbocycles. The van der Waals surface area contributed by atoms with Gasteiger partial charge in [0.1, 0.15) is 12.5 Å². The molecule has 1 aliphatic carbocycles. The first kappa shape index (κ1) is 9.52. The van der Waals surface area contributed by atoms with E-state index in [0.29, 0.717) is 18.9 Å². The van der Waals surface area contributed by atoms with Crippen molar-refractivity contribution in [2.24, 2.45) is 0 Å². The van der Waals surface area contributed by atoms with Gasteiger partial charge >= 0.3 is 0 Å². The van der Waals surface area contributed by atoms with E-state index in [1.54, 1.807) is 12.4 Å². The van der Waals surface area contributed by atoms with Crippen molar-refractivity contribution in [2.75, 3.05) is 0 Å². The Balaban J connectivity index is 1.78. The fourth-order valence-corrected chi connectivity index (χ4v) is 1.80. The van der Waals surface area contributed by atoms with Gasteiger partial charge in [-0.15, -0.1) is 0 Å². The number of rotatable bonds is 3. The summed E-state index contributed by atoms with van der Waals surface area (Å²) >= 11 is 0.